The molecular formula is C11H16FO4PS. The van der Waals surface area contributed by atoms with Crippen LogP contribution in [0.15, 0.2) is 29.2 Å². The molecule has 1 aromatic carbocycles. The van der Waals surface area contributed by atoms with Gasteiger partial charge in [-0.15, -0.1) is 0 Å². The van der Waals surface area contributed by atoms with Crippen molar-refractivity contribution in [1.29, 1.82) is 0 Å². The highest BCUT2D eigenvalue weighted by Gasteiger charge is 2.27. The fourth-order valence-corrected chi connectivity index (χ4v) is 5.01. The van der Waals surface area contributed by atoms with Crippen molar-refractivity contribution in [2.75, 3.05) is 18.7 Å². The number of rotatable bonds is 7. The Kier molecular flexibility index (Phi) is 6.15. The van der Waals surface area contributed by atoms with Crippen molar-refractivity contribution < 1.29 is 22.2 Å². The van der Waals surface area contributed by atoms with Gasteiger partial charge in [-0.3, -0.25) is 8.77 Å². The van der Waals surface area contributed by atoms with Gasteiger partial charge >= 0.3 is 7.60 Å². The Balaban J connectivity index is 2.82. The minimum absolute atomic E-state index is 0.206. The van der Waals surface area contributed by atoms with Gasteiger partial charge in [-0.2, -0.15) is 0 Å². The molecule has 0 saturated heterocycles. The van der Waals surface area contributed by atoms with Crippen LogP contribution < -0.4 is 0 Å². The van der Waals surface area contributed by atoms with Crippen molar-refractivity contribution in [3.05, 3.63) is 30.1 Å². The van der Waals surface area contributed by atoms with Gasteiger partial charge in [-0.25, -0.2) is 4.39 Å². The Morgan fingerprint density at radius 1 is 1.28 bits per heavy atom. The molecule has 0 radical (unpaired) electrons. The second-order valence-electron chi connectivity index (χ2n) is 3.38. The summed E-state index contributed by atoms with van der Waals surface area (Å²) in [5, 5.41) is 0. The monoisotopic (exact) mass is 294 g/mol. The molecule has 1 rings (SSSR count). The molecule has 0 aliphatic rings. The lowest BCUT2D eigenvalue weighted by Crippen LogP contribution is -2.05. The van der Waals surface area contributed by atoms with E-state index in [0.29, 0.717) is 0 Å². The van der Waals surface area contributed by atoms with Gasteiger partial charge in [0.1, 0.15) is 11.3 Å². The maximum absolute atomic E-state index is 13.0. The van der Waals surface area contributed by atoms with Gasteiger partial charge in [0.25, 0.3) is 0 Å². The van der Waals surface area contributed by atoms with E-state index < -0.39 is 24.2 Å². The quantitative estimate of drug-likeness (QED) is 0.725. The van der Waals surface area contributed by atoms with Crippen LogP contribution in [-0.4, -0.2) is 22.9 Å². The first-order valence-electron chi connectivity index (χ1n) is 5.53. The smallest absolute Gasteiger partial charge is 0.308 e. The van der Waals surface area contributed by atoms with Gasteiger partial charge in [0.05, 0.1) is 24.0 Å². The summed E-state index contributed by atoms with van der Waals surface area (Å²) in [6, 6.07) is 5.37. The Bertz CT molecular complexity index is 456. The third-order valence-corrected chi connectivity index (χ3v) is 6.27. The first kappa shape index (κ1) is 15.5. The molecule has 0 aromatic heterocycles. The van der Waals surface area contributed by atoms with Gasteiger partial charge < -0.3 is 9.05 Å². The van der Waals surface area contributed by atoms with Gasteiger partial charge in [0.15, 0.2) is 0 Å². The summed E-state index contributed by atoms with van der Waals surface area (Å²) in [7, 11) is -5.00. The van der Waals surface area contributed by atoms with Crippen LogP contribution in [0.2, 0.25) is 0 Å². The summed E-state index contributed by atoms with van der Waals surface area (Å²) in [5.41, 5.74) is -0.266. The van der Waals surface area contributed by atoms with Crippen molar-refractivity contribution in [1.82, 2.24) is 0 Å². The fraction of sp³-hybridized carbons (Fsp3) is 0.455. The average molecular weight is 294 g/mol. The molecule has 0 heterocycles. The lowest BCUT2D eigenvalue weighted by atomic mass is 10.4. The molecule has 0 bridgehead atoms. The van der Waals surface area contributed by atoms with Crippen molar-refractivity contribution in [2.45, 2.75) is 18.7 Å². The molecule has 0 aliphatic heterocycles. The largest absolute Gasteiger partial charge is 0.343 e. The molecule has 1 atom stereocenters. The zero-order valence-corrected chi connectivity index (χ0v) is 12.0. The predicted octanol–water partition coefficient (Wildman–Crippen LogP) is 3.16. The van der Waals surface area contributed by atoms with Crippen molar-refractivity contribution >= 4 is 18.4 Å². The van der Waals surface area contributed by atoms with E-state index >= 15 is 0 Å². The maximum atomic E-state index is 13.0. The van der Waals surface area contributed by atoms with Crippen molar-refractivity contribution in [3.8, 4) is 0 Å². The Labute approximate surface area is 108 Å². The first-order valence-corrected chi connectivity index (χ1v) is 8.57. The summed E-state index contributed by atoms with van der Waals surface area (Å²) in [5.74, 6) is -0.483. The number of hydrogen-bond acceptors (Lipinski definition) is 4. The third-order valence-electron chi connectivity index (χ3n) is 1.99. The molecule has 0 amide bonds. The molecule has 7 heteroatoms. The van der Waals surface area contributed by atoms with Crippen LogP contribution in [0, 0.1) is 5.82 Å². The molecule has 0 aliphatic carbocycles. The Morgan fingerprint density at radius 3 is 2.39 bits per heavy atom. The highest BCUT2D eigenvalue weighted by molar-refractivity contribution is 7.92. The van der Waals surface area contributed by atoms with E-state index in [9.17, 15) is 13.2 Å². The summed E-state index contributed by atoms with van der Waals surface area (Å²) in [6.07, 6.45) is 0. The highest BCUT2D eigenvalue weighted by atomic mass is 32.2. The van der Waals surface area contributed by atoms with Crippen molar-refractivity contribution in [3.63, 3.8) is 0 Å². The lowest BCUT2D eigenvalue weighted by molar-refractivity contribution is 0.224. The van der Waals surface area contributed by atoms with E-state index in [0.717, 1.165) is 6.07 Å². The van der Waals surface area contributed by atoms with Crippen LogP contribution in [0.3, 0.4) is 0 Å². The minimum atomic E-state index is -3.38. The zero-order chi connectivity index (χ0) is 13.6. The Hall–Kier alpha value is -0.550. The van der Waals surface area contributed by atoms with Crippen molar-refractivity contribution in [2.24, 2.45) is 0 Å². The van der Waals surface area contributed by atoms with E-state index in [1.165, 1.54) is 18.2 Å². The molecule has 0 fully saturated rings. The summed E-state index contributed by atoms with van der Waals surface area (Å²) in [4.78, 5) is 0.273. The second-order valence-corrected chi connectivity index (χ2v) is 7.31. The van der Waals surface area contributed by atoms with Gasteiger partial charge in [-0.05, 0) is 32.0 Å². The van der Waals surface area contributed by atoms with Gasteiger partial charge in [0.2, 0.25) is 0 Å². The number of benzene rings is 1. The average Bonchev–Trinajstić information content (AvgIpc) is 2.29. The molecule has 0 N–H and O–H groups in total. The van der Waals surface area contributed by atoms with E-state index in [2.05, 4.69) is 0 Å². The van der Waals surface area contributed by atoms with Crippen LogP contribution in [0.4, 0.5) is 4.39 Å². The van der Waals surface area contributed by atoms with Crippen LogP contribution in [0.25, 0.3) is 0 Å². The summed E-state index contributed by atoms with van der Waals surface area (Å²) < 4.78 is 47.2. The number of halogens is 1. The predicted molar refractivity (Wildman–Crippen MR) is 68.5 cm³/mol. The van der Waals surface area contributed by atoms with Gasteiger partial charge in [-0.1, -0.05) is 6.07 Å². The lowest BCUT2D eigenvalue weighted by Gasteiger charge is -2.16. The van der Waals surface area contributed by atoms with E-state index in [1.807, 2.05) is 0 Å². The first-order chi connectivity index (χ1) is 8.50. The maximum Gasteiger partial charge on any atom is 0.343 e. The third kappa shape index (κ3) is 4.61. The summed E-state index contributed by atoms with van der Waals surface area (Å²) >= 11 is 0. The second kappa shape index (κ2) is 7.14. The molecular weight excluding hydrogens is 278 g/mol. The Morgan fingerprint density at radius 2 is 1.89 bits per heavy atom. The molecule has 102 valence electrons. The minimum Gasteiger partial charge on any atom is -0.308 e. The van der Waals surface area contributed by atoms with Crippen LogP contribution >= 0.6 is 7.60 Å². The molecule has 0 unspecified atom stereocenters. The normalized spacial score (nSPS) is 13.5. The van der Waals surface area contributed by atoms with Crippen LogP contribution in [0.1, 0.15) is 13.8 Å². The molecule has 18 heavy (non-hydrogen) atoms. The van der Waals surface area contributed by atoms with E-state index in [-0.39, 0.29) is 23.6 Å². The van der Waals surface area contributed by atoms with Gasteiger partial charge in [0, 0.05) is 4.90 Å². The SMILES string of the molecule is CCOP(=O)(C[S@@](=O)c1cccc(F)c1)OCC. The van der Waals surface area contributed by atoms with E-state index in [4.69, 9.17) is 9.05 Å². The summed E-state index contributed by atoms with van der Waals surface area (Å²) in [6.45, 7) is 3.77. The standard InChI is InChI=1S/C11H16FO4PS/c1-3-15-17(13,16-4-2)9-18(14)11-7-5-6-10(12)8-11/h5-8H,3-4,9H2,1-2H3/t18-/m1/s1. The fourth-order valence-electron chi connectivity index (χ4n) is 1.33. The molecule has 0 spiro atoms. The zero-order valence-electron chi connectivity index (χ0n) is 10.3. The van der Waals surface area contributed by atoms with E-state index in [1.54, 1.807) is 13.8 Å². The van der Waals surface area contributed by atoms with Crippen LogP contribution in [-0.2, 0) is 24.4 Å². The number of hydrogen-bond donors (Lipinski definition) is 0. The molecule has 4 nitrogen and oxygen atoms in total. The van der Waals surface area contributed by atoms with Crippen LogP contribution in [0.5, 0.6) is 0 Å². The topological polar surface area (TPSA) is 52.6 Å². The molecule has 0 saturated carbocycles. The molecule has 1 aromatic rings. The highest BCUT2D eigenvalue weighted by Crippen LogP contribution is 2.49.